The molecule has 0 N–H and O–H groups in total. The van der Waals surface area contributed by atoms with E-state index in [4.69, 9.17) is 0 Å². The van der Waals surface area contributed by atoms with Crippen LogP contribution in [0.3, 0.4) is 0 Å². The van der Waals surface area contributed by atoms with Crippen LogP contribution in [-0.2, 0) is 11.3 Å². The first-order valence-electron chi connectivity index (χ1n) is 6.66. The van der Waals surface area contributed by atoms with E-state index in [0.29, 0.717) is 12.1 Å². The normalized spacial score (nSPS) is 19.8. The number of rotatable bonds is 4. The number of Topliss-reactive ketones (excluding diaryl/α,β-unsaturated/α-hetero) is 1. The Bertz CT molecular complexity index is 533. The molecule has 0 radical (unpaired) electrons. The maximum absolute atomic E-state index is 13.6. The van der Waals surface area contributed by atoms with Gasteiger partial charge in [0.1, 0.15) is 5.78 Å². The summed E-state index contributed by atoms with van der Waals surface area (Å²) in [6, 6.07) is 3.79. The lowest BCUT2D eigenvalue weighted by atomic mass is 9.98. The Morgan fingerprint density at radius 3 is 2.85 bits per heavy atom. The highest BCUT2D eigenvalue weighted by molar-refractivity contribution is 5.81. The summed E-state index contributed by atoms with van der Waals surface area (Å²) >= 11 is 0. The topological polar surface area (TPSA) is 63.5 Å². The molecule has 20 heavy (non-hydrogen) atoms. The van der Waals surface area contributed by atoms with Crippen molar-refractivity contribution in [1.29, 1.82) is 0 Å². The first-order chi connectivity index (χ1) is 9.49. The Kier molecular flexibility index (Phi) is 4.44. The molecular weight excluding hydrogens is 263 g/mol. The highest BCUT2D eigenvalue weighted by Crippen LogP contribution is 2.23. The maximum atomic E-state index is 13.6. The number of likely N-dealkylation sites (tertiary alicyclic amines) is 1. The molecule has 0 aliphatic carbocycles. The lowest BCUT2D eigenvalue weighted by Crippen LogP contribution is -2.43. The molecule has 1 aliphatic rings. The van der Waals surface area contributed by atoms with Gasteiger partial charge in [0, 0.05) is 12.6 Å². The maximum Gasteiger partial charge on any atom is 0.304 e. The molecule has 1 aliphatic heterocycles. The van der Waals surface area contributed by atoms with Crippen LogP contribution in [0.15, 0.2) is 18.2 Å². The number of carbonyl (C=O) groups is 1. The van der Waals surface area contributed by atoms with Gasteiger partial charge in [0.15, 0.2) is 0 Å². The molecule has 6 heteroatoms. The summed E-state index contributed by atoms with van der Waals surface area (Å²) in [4.78, 5) is 23.5. The van der Waals surface area contributed by atoms with Crippen LogP contribution in [0.2, 0.25) is 0 Å². The second-order valence-corrected chi connectivity index (χ2v) is 5.14. The van der Waals surface area contributed by atoms with E-state index in [1.54, 1.807) is 13.0 Å². The number of hydrogen-bond acceptors (Lipinski definition) is 4. The highest BCUT2D eigenvalue weighted by Gasteiger charge is 2.26. The minimum Gasteiger partial charge on any atom is -0.298 e. The monoisotopic (exact) mass is 280 g/mol. The molecule has 0 bridgehead atoms. The van der Waals surface area contributed by atoms with Crippen LogP contribution in [0.25, 0.3) is 0 Å². The number of nitro benzene ring substituents is 1. The summed E-state index contributed by atoms with van der Waals surface area (Å²) in [5, 5.41) is 10.6. The number of piperidine rings is 1. The van der Waals surface area contributed by atoms with Gasteiger partial charge >= 0.3 is 5.69 Å². The third-order valence-corrected chi connectivity index (χ3v) is 3.68. The molecule has 1 aromatic rings. The van der Waals surface area contributed by atoms with Crippen molar-refractivity contribution in [2.75, 3.05) is 6.54 Å². The summed E-state index contributed by atoms with van der Waals surface area (Å²) in [5.41, 5.74) is 0.136. The van der Waals surface area contributed by atoms with E-state index >= 15 is 0 Å². The highest BCUT2D eigenvalue weighted by atomic mass is 19.1. The van der Waals surface area contributed by atoms with E-state index in [9.17, 15) is 19.3 Å². The summed E-state index contributed by atoms with van der Waals surface area (Å²) in [6.45, 7) is 2.81. The van der Waals surface area contributed by atoms with Gasteiger partial charge < -0.3 is 0 Å². The van der Waals surface area contributed by atoms with Crippen molar-refractivity contribution >= 4 is 11.5 Å². The van der Waals surface area contributed by atoms with Gasteiger partial charge in [-0.05, 0) is 37.9 Å². The number of nitro groups is 1. The number of ketones is 1. The van der Waals surface area contributed by atoms with Crippen molar-refractivity contribution in [3.63, 3.8) is 0 Å². The predicted octanol–water partition coefficient (Wildman–Crippen LogP) is 2.68. The lowest BCUT2D eigenvalue weighted by molar-refractivity contribution is -0.387. The largest absolute Gasteiger partial charge is 0.304 e. The van der Waals surface area contributed by atoms with Crippen molar-refractivity contribution < 1.29 is 14.1 Å². The molecule has 1 fully saturated rings. The van der Waals surface area contributed by atoms with Crippen molar-refractivity contribution in [3.05, 3.63) is 39.7 Å². The van der Waals surface area contributed by atoms with Crippen molar-refractivity contribution in [1.82, 2.24) is 4.90 Å². The van der Waals surface area contributed by atoms with Crippen LogP contribution in [0.5, 0.6) is 0 Å². The molecule has 1 saturated heterocycles. The van der Waals surface area contributed by atoms with Crippen LogP contribution in [0, 0.1) is 15.9 Å². The number of benzene rings is 1. The molecule has 1 atom stereocenters. The fraction of sp³-hybridized carbons (Fsp3) is 0.500. The zero-order valence-electron chi connectivity index (χ0n) is 11.3. The van der Waals surface area contributed by atoms with Crippen LogP contribution >= 0.6 is 0 Å². The summed E-state index contributed by atoms with van der Waals surface area (Å²) in [6.07, 6.45) is 2.86. The molecular formula is C14H17FN2O3. The molecule has 5 nitrogen and oxygen atoms in total. The van der Waals surface area contributed by atoms with E-state index in [1.807, 2.05) is 4.90 Å². The first-order valence-corrected chi connectivity index (χ1v) is 6.66. The third-order valence-electron chi connectivity index (χ3n) is 3.68. The van der Waals surface area contributed by atoms with Gasteiger partial charge in [-0.15, -0.1) is 0 Å². The van der Waals surface area contributed by atoms with Gasteiger partial charge in [-0.3, -0.25) is 19.8 Å². The van der Waals surface area contributed by atoms with E-state index in [1.165, 1.54) is 12.1 Å². The molecule has 1 aromatic carbocycles. The second-order valence-electron chi connectivity index (χ2n) is 5.14. The van der Waals surface area contributed by atoms with Gasteiger partial charge in [0.2, 0.25) is 5.82 Å². The molecule has 0 spiro atoms. The first kappa shape index (κ1) is 14.6. The fourth-order valence-corrected chi connectivity index (χ4v) is 2.67. The molecule has 1 heterocycles. The number of nitrogens with zero attached hydrogens (tertiary/aromatic N) is 2. The average Bonchev–Trinajstić information content (AvgIpc) is 2.38. The van der Waals surface area contributed by atoms with Gasteiger partial charge in [-0.25, -0.2) is 0 Å². The summed E-state index contributed by atoms with van der Waals surface area (Å²) < 4.78 is 13.6. The Hall–Kier alpha value is -1.82. The average molecular weight is 280 g/mol. The minimum absolute atomic E-state index is 0.118. The zero-order chi connectivity index (χ0) is 14.7. The standard InChI is InChI=1S/C14H17FN2O3/c1-10(18)13-4-2-3-7-16(13)9-11-5-6-14(17(19)20)12(15)8-11/h5-6,8,13H,2-4,7,9H2,1H3. The number of hydrogen-bond donors (Lipinski definition) is 0. The van der Waals surface area contributed by atoms with Gasteiger partial charge in [0.05, 0.1) is 11.0 Å². The molecule has 108 valence electrons. The number of halogens is 1. The van der Waals surface area contributed by atoms with Crippen LogP contribution in [0.4, 0.5) is 10.1 Å². The van der Waals surface area contributed by atoms with E-state index in [2.05, 4.69) is 0 Å². The van der Waals surface area contributed by atoms with Gasteiger partial charge in [0.25, 0.3) is 0 Å². The Morgan fingerprint density at radius 2 is 2.25 bits per heavy atom. The van der Waals surface area contributed by atoms with Crippen LogP contribution in [-0.4, -0.2) is 28.2 Å². The molecule has 0 aromatic heterocycles. The molecule has 2 rings (SSSR count). The molecule has 0 saturated carbocycles. The Labute approximate surface area is 116 Å². The smallest absolute Gasteiger partial charge is 0.298 e. The molecule has 0 amide bonds. The predicted molar refractivity (Wildman–Crippen MR) is 71.8 cm³/mol. The Morgan fingerprint density at radius 1 is 1.50 bits per heavy atom. The van der Waals surface area contributed by atoms with Crippen LogP contribution < -0.4 is 0 Å². The van der Waals surface area contributed by atoms with Gasteiger partial charge in [-0.2, -0.15) is 4.39 Å². The quantitative estimate of drug-likeness (QED) is 0.628. The Balaban J connectivity index is 2.14. The lowest BCUT2D eigenvalue weighted by Gasteiger charge is -2.34. The number of carbonyl (C=O) groups excluding carboxylic acids is 1. The SMILES string of the molecule is CC(=O)C1CCCCN1Cc1ccc([N+](=O)[O-])c(F)c1. The van der Waals surface area contributed by atoms with Crippen molar-refractivity contribution in [2.45, 2.75) is 38.8 Å². The van der Waals surface area contributed by atoms with E-state index in [-0.39, 0.29) is 11.8 Å². The fourth-order valence-electron chi connectivity index (χ4n) is 2.67. The van der Waals surface area contributed by atoms with Crippen molar-refractivity contribution in [3.8, 4) is 0 Å². The van der Waals surface area contributed by atoms with Gasteiger partial charge in [-0.1, -0.05) is 12.5 Å². The summed E-state index contributed by atoms with van der Waals surface area (Å²) in [7, 11) is 0. The van der Waals surface area contributed by atoms with Crippen LogP contribution in [0.1, 0.15) is 31.7 Å². The van der Waals surface area contributed by atoms with Crippen molar-refractivity contribution in [2.24, 2.45) is 0 Å². The third kappa shape index (κ3) is 3.19. The molecule has 1 unspecified atom stereocenters. The minimum atomic E-state index is -0.830. The second kappa shape index (κ2) is 6.09. The zero-order valence-corrected chi connectivity index (χ0v) is 11.3. The van der Waals surface area contributed by atoms with E-state index in [0.717, 1.165) is 25.8 Å². The summed E-state index contributed by atoms with van der Waals surface area (Å²) in [5.74, 6) is -0.712. The van der Waals surface area contributed by atoms with E-state index < -0.39 is 16.4 Å².